The Morgan fingerprint density at radius 3 is 2.46 bits per heavy atom. The second kappa shape index (κ2) is 7.33. The number of para-hydroxylation sites is 1. The maximum absolute atomic E-state index is 12.2. The van der Waals surface area contributed by atoms with Gasteiger partial charge < -0.3 is 5.32 Å². The fraction of sp³-hybridized carbons (Fsp3) is 0.250. The van der Waals surface area contributed by atoms with Crippen molar-refractivity contribution < 1.29 is 4.79 Å². The maximum Gasteiger partial charge on any atom is 0.230 e. The number of nitrogens with zero attached hydrogens (tertiary/aromatic N) is 3. The van der Waals surface area contributed by atoms with Crippen molar-refractivity contribution in [3.63, 3.8) is 0 Å². The summed E-state index contributed by atoms with van der Waals surface area (Å²) >= 11 is 1.36. The summed E-state index contributed by atoms with van der Waals surface area (Å²) in [4.78, 5) is 16.5. The Bertz CT molecular complexity index is 875. The number of nitrogens with one attached hydrogen (secondary N) is 1. The summed E-state index contributed by atoms with van der Waals surface area (Å²) in [6.07, 6.45) is 3.94. The maximum atomic E-state index is 12.2. The van der Waals surface area contributed by atoms with E-state index < -0.39 is 0 Å². The number of hydrogen-bond acceptors (Lipinski definition) is 4. The van der Waals surface area contributed by atoms with Gasteiger partial charge in [-0.25, -0.2) is 9.67 Å². The average molecular weight is 364 g/mol. The standard InChI is InChI=1S/C20H20N4OS/c25-18(21-14-20(11-12-20)16-7-3-1-4-8-16)13-26-19-22-15-24(23-19)17-9-5-2-6-10-17/h1-10,15H,11-14H2,(H,21,25). The molecule has 0 unspecified atom stereocenters. The number of carbonyl (C=O) groups is 1. The second-order valence-electron chi connectivity index (χ2n) is 6.52. The van der Waals surface area contributed by atoms with Crippen molar-refractivity contribution in [3.05, 3.63) is 72.6 Å². The molecule has 26 heavy (non-hydrogen) atoms. The molecular formula is C20H20N4OS. The van der Waals surface area contributed by atoms with Crippen molar-refractivity contribution >= 4 is 17.7 Å². The van der Waals surface area contributed by atoms with Gasteiger partial charge in [0.15, 0.2) is 0 Å². The van der Waals surface area contributed by atoms with Crippen molar-refractivity contribution in [1.29, 1.82) is 0 Å². The van der Waals surface area contributed by atoms with Crippen LogP contribution in [-0.2, 0) is 10.2 Å². The Labute approximate surface area is 156 Å². The van der Waals surface area contributed by atoms with Gasteiger partial charge in [-0.1, -0.05) is 60.3 Å². The van der Waals surface area contributed by atoms with E-state index >= 15 is 0 Å². The first kappa shape index (κ1) is 16.8. The normalized spacial score (nSPS) is 14.8. The van der Waals surface area contributed by atoms with E-state index in [1.807, 2.05) is 36.4 Å². The van der Waals surface area contributed by atoms with Crippen LogP contribution in [0.3, 0.4) is 0 Å². The van der Waals surface area contributed by atoms with Crippen LogP contribution in [0.5, 0.6) is 0 Å². The van der Waals surface area contributed by atoms with E-state index in [1.165, 1.54) is 17.3 Å². The fourth-order valence-electron chi connectivity index (χ4n) is 2.98. The van der Waals surface area contributed by atoms with Crippen LogP contribution < -0.4 is 5.32 Å². The van der Waals surface area contributed by atoms with Crippen LogP contribution in [0.4, 0.5) is 0 Å². The van der Waals surface area contributed by atoms with Gasteiger partial charge >= 0.3 is 0 Å². The molecule has 1 aliphatic carbocycles. The van der Waals surface area contributed by atoms with E-state index in [2.05, 4.69) is 39.7 Å². The van der Waals surface area contributed by atoms with E-state index in [9.17, 15) is 4.79 Å². The Morgan fingerprint density at radius 1 is 1.08 bits per heavy atom. The van der Waals surface area contributed by atoms with Crippen molar-refractivity contribution in [3.8, 4) is 5.69 Å². The summed E-state index contributed by atoms with van der Waals surface area (Å²) in [5.74, 6) is 0.345. The number of hydrogen-bond donors (Lipinski definition) is 1. The molecule has 0 saturated heterocycles. The van der Waals surface area contributed by atoms with Crippen molar-refractivity contribution in [2.24, 2.45) is 0 Å². The highest BCUT2D eigenvalue weighted by atomic mass is 32.2. The molecule has 0 radical (unpaired) electrons. The van der Waals surface area contributed by atoms with Gasteiger partial charge in [-0.05, 0) is 30.5 Å². The van der Waals surface area contributed by atoms with E-state index in [4.69, 9.17) is 0 Å². The molecule has 0 spiro atoms. The molecule has 0 bridgehead atoms. The third-order valence-corrected chi connectivity index (χ3v) is 5.54. The summed E-state index contributed by atoms with van der Waals surface area (Å²) in [5, 5.41) is 8.09. The van der Waals surface area contributed by atoms with E-state index in [-0.39, 0.29) is 11.3 Å². The van der Waals surface area contributed by atoms with Crippen LogP contribution in [0, 0.1) is 0 Å². The zero-order valence-corrected chi connectivity index (χ0v) is 15.2. The predicted octanol–water partition coefficient (Wildman–Crippen LogP) is 3.21. The SMILES string of the molecule is O=C(CSc1ncn(-c2ccccc2)n1)NCC1(c2ccccc2)CC1. The quantitative estimate of drug-likeness (QED) is 0.654. The van der Waals surface area contributed by atoms with Gasteiger partial charge in [0, 0.05) is 12.0 Å². The molecule has 5 nitrogen and oxygen atoms in total. The highest BCUT2D eigenvalue weighted by Gasteiger charge is 2.44. The highest BCUT2D eigenvalue weighted by Crippen LogP contribution is 2.47. The van der Waals surface area contributed by atoms with Crippen molar-refractivity contribution in [2.45, 2.75) is 23.4 Å². The lowest BCUT2D eigenvalue weighted by molar-refractivity contribution is -0.118. The largest absolute Gasteiger partial charge is 0.354 e. The minimum atomic E-state index is 0.0215. The predicted molar refractivity (Wildman–Crippen MR) is 102 cm³/mol. The van der Waals surface area contributed by atoms with Crippen molar-refractivity contribution in [1.82, 2.24) is 20.1 Å². The zero-order valence-electron chi connectivity index (χ0n) is 14.3. The third-order valence-electron chi connectivity index (χ3n) is 4.69. The van der Waals surface area contributed by atoms with E-state index in [1.54, 1.807) is 11.0 Å². The van der Waals surface area contributed by atoms with Gasteiger partial charge in [-0.3, -0.25) is 4.79 Å². The molecule has 1 fully saturated rings. The molecule has 132 valence electrons. The molecular weight excluding hydrogens is 344 g/mol. The highest BCUT2D eigenvalue weighted by molar-refractivity contribution is 7.99. The molecule has 1 amide bonds. The Kier molecular flexibility index (Phi) is 4.75. The molecule has 0 aliphatic heterocycles. The summed E-state index contributed by atoms with van der Waals surface area (Å²) in [6.45, 7) is 0.697. The first-order valence-electron chi connectivity index (χ1n) is 8.67. The lowest BCUT2D eigenvalue weighted by Gasteiger charge is -2.16. The summed E-state index contributed by atoms with van der Waals surface area (Å²) in [5.41, 5.74) is 2.40. The smallest absolute Gasteiger partial charge is 0.230 e. The number of aromatic nitrogens is 3. The number of amides is 1. The Morgan fingerprint density at radius 2 is 1.77 bits per heavy atom. The van der Waals surface area contributed by atoms with Crippen LogP contribution in [0.15, 0.2) is 72.1 Å². The topological polar surface area (TPSA) is 59.8 Å². The first-order valence-corrected chi connectivity index (χ1v) is 9.66. The number of benzene rings is 2. The molecule has 3 aromatic rings. The Hall–Kier alpha value is -2.60. The molecule has 0 atom stereocenters. The van der Waals surface area contributed by atoms with Crippen LogP contribution in [0.2, 0.25) is 0 Å². The lowest BCUT2D eigenvalue weighted by atomic mass is 9.96. The molecule has 1 aliphatic rings. The third kappa shape index (κ3) is 3.80. The fourth-order valence-corrected chi connectivity index (χ4v) is 3.61. The lowest BCUT2D eigenvalue weighted by Crippen LogP contribution is -2.33. The van der Waals surface area contributed by atoms with Crippen LogP contribution in [-0.4, -0.2) is 33.0 Å². The average Bonchev–Trinajstić information content (AvgIpc) is 3.35. The van der Waals surface area contributed by atoms with Gasteiger partial charge in [0.05, 0.1) is 11.4 Å². The van der Waals surface area contributed by atoms with Crippen LogP contribution in [0.25, 0.3) is 5.69 Å². The molecule has 1 N–H and O–H groups in total. The van der Waals surface area contributed by atoms with Crippen LogP contribution in [0.1, 0.15) is 18.4 Å². The number of carbonyl (C=O) groups excluding carboxylic acids is 1. The number of thioether (sulfide) groups is 1. The first-order chi connectivity index (χ1) is 12.8. The molecule has 1 aromatic heterocycles. The molecule has 1 heterocycles. The van der Waals surface area contributed by atoms with Gasteiger partial charge in [-0.2, -0.15) is 0 Å². The monoisotopic (exact) mass is 364 g/mol. The minimum absolute atomic E-state index is 0.0215. The molecule has 6 heteroatoms. The van der Waals surface area contributed by atoms with Crippen molar-refractivity contribution in [2.75, 3.05) is 12.3 Å². The van der Waals surface area contributed by atoms with Gasteiger partial charge in [-0.15, -0.1) is 5.10 Å². The summed E-state index contributed by atoms with van der Waals surface area (Å²) in [6, 6.07) is 20.2. The Balaban J connectivity index is 1.28. The number of rotatable bonds is 7. The zero-order chi connectivity index (χ0) is 17.8. The second-order valence-corrected chi connectivity index (χ2v) is 7.46. The molecule has 1 saturated carbocycles. The van der Waals surface area contributed by atoms with Gasteiger partial charge in [0.25, 0.3) is 0 Å². The summed E-state index contributed by atoms with van der Waals surface area (Å²) < 4.78 is 1.72. The van der Waals surface area contributed by atoms with E-state index in [0.29, 0.717) is 17.5 Å². The minimum Gasteiger partial charge on any atom is -0.354 e. The van der Waals surface area contributed by atoms with Crippen LogP contribution >= 0.6 is 11.8 Å². The summed E-state index contributed by atoms with van der Waals surface area (Å²) in [7, 11) is 0. The molecule has 2 aromatic carbocycles. The molecule has 4 rings (SSSR count). The van der Waals surface area contributed by atoms with Gasteiger partial charge in [0.1, 0.15) is 6.33 Å². The van der Waals surface area contributed by atoms with Gasteiger partial charge in [0.2, 0.25) is 11.1 Å². The van der Waals surface area contributed by atoms with E-state index in [0.717, 1.165) is 18.5 Å².